The van der Waals surface area contributed by atoms with Crippen LogP contribution < -0.4 is 10.0 Å². The summed E-state index contributed by atoms with van der Waals surface area (Å²) in [5.41, 5.74) is 1.19. The summed E-state index contributed by atoms with van der Waals surface area (Å²) in [5, 5.41) is 7.74. The molecule has 7 nitrogen and oxygen atoms in total. The molecule has 0 aliphatic carbocycles. The fraction of sp³-hybridized carbons (Fsp3) is 0.125. The molecule has 0 saturated heterocycles. The smallest absolute Gasteiger partial charge is 0.272 e. The molecule has 136 valence electrons. The highest BCUT2D eigenvalue weighted by Gasteiger charge is 2.18. The molecule has 0 saturated carbocycles. The molecule has 26 heavy (non-hydrogen) atoms. The zero-order valence-electron chi connectivity index (χ0n) is 13.7. The van der Waals surface area contributed by atoms with Crippen molar-refractivity contribution in [3.8, 4) is 0 Å². The van der Waals surface area contributed by atoms with Crippen LogP contribution in [0.25, 0.3) is 10.9 Å². The van der Waals surface area contributed by atoms with Crippen LogP contribution in [0.4, 0.5) is 5.69 Å². The van der Waals surface area contributed by atoms with Crippen molar-refractivity contribution in [1.82, 2.24) is 15.1 Å². The average Bonchev–Trinajstić information content (AvgIpc) is 2.89. The van der Waals surface area contributed by atoms with E-state index in [1.54, 1.807) is 25.2 Å². The van der Waals surface area contributed by atoms with Gasteiger partial charge < -0.3 is 5.32 Å². The number of amides is 1. The number of aromatic nitrogens is 2. The minimum atomic E-state index is -3.88. The van der Waals surface area contributed by atoms with Gasteiger partial charge in [0.05, 0.1) is 16.1 Å². The highest BCUT2D eigenvalue weighted by Crippen LogP contribution is 2.26. The van der Waals surface area contributed by atoms with Gasteiger partial charge in [-0.25, -0.2) is 8.42 Å². The first-order valence-electron chi connectivity index (χ1n) is 7.39. The van der Waals surface area contributed by atoms with Gasteiger partial charge in [-0.2, -0.15) is 5.10 Å². The van der Waals surface area contributed by atoms with Gasteiger partial charge >= 0.3 is 0 Å². The standard InChI is InChI=1S/C16H14Cl2N4O3S/c1-19-16(23)15-13-4-3-11(8-14(13)22(2)20-15)21-26(24,25)12-6-9(17)5-10(18)7-12/h3-8,21H,1-2H3,(H,19,23). The summed E-state index contributed by atoms with van der Waals surface area (Å²) in [6.45, 7) is 0. The Bertz CT molecular complexity index is 1110. The van der Waals surface area contributed by atoms with Crippen molar-refractivity contribution in [3.05, 3.63) is 52.1 Å². The Labute approximate surface area is 160 Å². The number of carbonyl (C=O) groups is 1. The molecular weight excluding hydrogens is 399 g/mol. The first-order chi connectivity index (χ1) is 12.2. The second-order valence-electron chi connectivity index (χ2n) is 5.49. The molecule has 0 radical (unpaired) electrons. The monoisotopic (exact) mass is 412 g/mol. The lowest BCUT2D eigenvalue weighted by molar-refractivity contribution is 0.0959. The predicted octanol–water partition coefficient (Wildman–Crippen LogP) is 3.04. The lowest BCUT2D eigenvalue weighted by atomic mass is 10.2. The Morgan fingerprint density at radius 1 is 1.12 bits per heavy atom. The van der Waals surface area contributed by atoms with Crippen LogP contribution in [0.15, 0.2) is 41.3 Å². The highest BCUT2D eigenvalue weighted by atomic mass is 35.5. The second-order valence-corrected chi connectivity index (χ2v) is 8.05. The maximum absolute atomic E-state index is 12.6. The van der Waals surface area contributed by atoms with E-state index in [4.69, 9.17) is 23.2 Å². The number of anilines is 1. The number of rotatable bonds is 4. The summed E-state index contributed by atoms with van der Waals surface area (Å²) in [4.78, 5) is 11.8. The van der Waals surface area contributed by atoms with Gasteiger partial charge in [-0.1, -0.05) is 23.2 Å². The molecule has 1 amide bonds. The zero-order valence-corrected chi connectivity index (χ0v) is 16.1. The van der Waals surface area contributed by atoms with Gasteiger partial charge in [0.1, 0.15) is 0 Å². The second kappa shape index (κ2) is 6.79. The molecule has 1 aromatic heterocycles. The third kappa shape index (κ3) is 3.48. The van der Waals surface area contributed by atoms with E-state index in [1.807, 2.05) is 0 Å². The van der Waals surface area contributed by atoms with Crippen LogP contribution in [0.2, 0.25) is 10.0 Å². The van der Waals surface area contributed by atoms with E-state index in [0.29, 0.717) is 16.6 Å². The molecular formula is C16H14Cl2N4O3S. The van der Waals surface area contributed by atoms with E-state index < -0.39 is 10.0 Å². The summed E-state index contributed by atoms with van der Waals surface area (Å²) in [6.07, 6.45) is 0. The van der Waals surface area contributed by atoms with E-state index in [-0.39, 0.29) is 26.5 Å². The van der Waals surface area contributed by atoms with Crippen LogP contribution in [-0.4, -0.2) is 31.2 Å². The van der Waals surface area contributed by atoms with Crippen molar-refractivity contribution in [1.29, 1.82) is 0 Å². The van der Waals surface area contributed by atoms with Crippen molar-refractivity contribution in [2.75, 3.05) is 11.8 Å². The minimum Gasteiger partial charge on any atom is -0.354 e. The van der Waals surface area contributed by atoms with Crippen LogP contribution in [0.5, 0.6) is 0 Å². The Balaban J connectivity index is 2.01. The fourth-order valence-electron chi connectivity index (χ4n) is 2.50. The van der Waals surface area contributed by atoms with Crippen LogP contribution in [0.1, 0.15) is 10.5 Å². The van der Waals surface area contributed by atoms with E-state index in [0.717, 1.165) is 0 Å². The van der Waals surface area contributed by atoms with Crippen molar-refractivity contribution in [3.63, 3.8) is 0 Å². The Hall–Kier alpha value is -2.29. The van der Waals surface area contributed by atoms with E-state index in [9.17, 15) is 13.2 Å². The number of nitrogens with zero attached hydrogens (tertiary/aromatic N) is 2. The maximum atomic E-state index is 12.6. The van der Waals surface area contributed by atoms with Crippen LogP contribution in [0, 0.1) is 0 Å². The maximum Gasteiger partial charge on any atom is 0.272 e. The van der Waals surface area contributed by atoms with Gasteiger partial charge in [0, 0.05) is 29.5 Å². The highest BCUT2D eigenvalue weighted by molar-refractivity contribution is 7.92. The van der Waals surface area contributed by atoms with Crippen molar-refractivity contribution in [2.45, 2.75) is 4.90 Å². The summed E-state index contributed by atoms with van der Waals surface area (Å²) in [6, 6.07) is 8.85. The first kappa shape index (κ1) is 18.5. The Morgan fingerprint density at radius 3 is 2.38 bits per heavy atom. The number of carbonyl (C=O) groups excluding carboxylic acids is 1. The van der Waals surface area contributed by atoms with Crippen molar-refractivity contribution < 1.29 is 13.2 Å². The number of aryl methyl sites for hydroxylation is 1. The SMILES string of the molecule is CNC(=O)c1nn(C)c2cc(NS(=O)(=O)c3cc(Cl)cc(Cl)c3)ccc12. The van der Waals surface area contributed by atoms with E-state index in [2.05, 4.69) is 15.1 Å². The van der Waals surface area contributed by atoms with Crippen molar-refractivity contribution >= 4 is 55.7 Å². The summed E-state index contributed by atoms with van der Waals surface area (Å²) in [7, 11) is -0.696. The molecule has 3 rings (SSSR count). The number of fused-ring (bicyclic) bond motifs is 1. The van der Waals surface area contributed by atoms with Gasteiger partial charge in [0.25, 0.3) is 15.9 Å². The largest absolute Gasteiger partial charge is 0.354 e. The van der Waals surface area contributed by atoms with Crippen LogP contribution >= 0.6 is 23.2 Å². The number of nitrogens with one attached hydrogen (secondary N) is 2. The third-order valence-corrected chi connectivity index (χ3v) is 5.49. The predicted molar refractivity (Wildman–Crippen MR) is 101 cm³/mol. The molecule has 0 aliphatic rings. The van der Waals surface area contributed by atoms with Gasteiger partial charge in [0.15, 0.2) is 5.69 Å². The van der Waals surface area contributed by atoms with Crippen LogP contribution in [0.3, 0.4) is 0 Å². The molecule has 2 aromatic carbocycles. The lowest BCUT2D eigenvalue weighted by Crippen LogP contribution is -2.18. The molecule has 0 bridgehead atoms. The zero-order chi connectivity index (χ0) is 19.1. The van der Waals surface area contributed by atoms with Gasteiger partial charge in [0.2, 0.25) is 0 Å². The summed E-state index contributed by atoms with van der Waals surface area (Å²) < 4.78 is 29.1. The molecule has 2 N–H and O–H groups in total. The number of hydrogen-bond donors (Lipinski definition) is 2. The minimum absolute atomic E-state index is 0.0499. The summed E-state index contributed by atoms with van der Waals surface area (Å²) >= 11 is 11.8. The Morgan fingerprint density at radius 2 is 1.77 bits per heavy atom. The topological polar surface area (TPSA) is 93.1 Å². The van der Waals surface area contributed by atoms with Crippen LogP contribution in [-0.2, 0) is 17.1 Å². The van der Waals surface area contributed by atoms with Gasteiger partial charge in [-0.3, -0.25) is 14.2 Å². The number of hydrogen-bond acceptors (Lipinski definition) is 4. The molecule has 0 spiro atoms. The van der Waals surface area contributed by atoms with Gasteiger partial charge in [-0.05, 0) is 36.4 Å². The molecule has 3 aromatic rings. The van der Waals surface area contributed by atoms with E-state index in [1.165, 1.54) is 29.9 Å². The van der Waals surface area contributed by atoms with Crippen molar-refractivity contribution in [2.24, 2.45) is 7.05 Å². The van der Waals surface area contributed by atoms with E-state index >= 15 is 0 Å². The average molecular weight is 413 g/mol. The lowest BCUT2D eigenvalue weighted by Gasteiger charge is -2.09. The molecule has 0 aliphatic heterocycles. The number of halogens is 2. The molecule has 0 unspecified atom stereocenters. The van der Waals surface area contributed by atoms with Gasteiger partial charge in [-0.15, -0.1) is 0 Å². The first-order valence-corrected chi connectivity index (χ1v) is 9.63. The molecule has 0 atom stereocenters. The quantitative estimate of drug-likeness (QED) is 0.688. The summed E-state index contributed by atoms with van der Waals surface area (Å²) in [5.74, 6) is -0.322. The normalized spacial score (nSPS) is 11.5. The number of sulfonamides is 1. The molecule has 1 heterocycles. The fourth-order valence-corrected chi connectivity index (χ4v) is 4.28. The molecule has 0 fully saturated rings. The Kier molecular flexibility index (Phi) is 4.83. The third-order valence-electron chi connectivity index (χ3n) is 3.69. The molecule has 10 heteroatoms. The number of benzene rings is 2.